The summed E-state index contributed by atoms with van der Waals surface area (Å²) in [7, 11) is 0. The van der Waals surface area contributed by atoms with Crippen LogP contribution in [-0.2, 0) is 6.42 Å². The highest BCUT2D eigenvalue weighted by Gasteiger charge is 2.14. The Morgan fingerprint density at radius 1 is 1.28 bits per heavy atom. The summed E-state index contributed by atoms with van der Waals surface area (Å²) in [5, 5.41) is 5.83. The van der Waals surface area contributed by atoms with Crippen molar-refractivity contribution in [2.24, 2.45) is 0 Å². The van der Waals surface area contributed by atoms with Crippen LogP contribution in [0.5, 0.6) is 0 Å². The fourth-order valence-electron chi connectivity index (χ4n) is 2.07. The number of aryl methyl sites for hydroxylation is 1. The molecule has 1 unspecified atom stereocenters. The first-order valence-corrected chi connectivity index (χ1v) is 7.35. The number of hydrogen-bond donors (Lipinski definition) is 1. The second-order valence-electron chi connectivity index (χ2n) is 4.53. The molecule has 0 saturated heterocycles. The van der Waals surface area contributed by atoms with Crippen LogP contribution in [0.15, 0.2) is 36.0 Å². The van der Waals surface area contributed by atoms with Crippen molar-refractivity contribution >= 4 is 11.3 Å². The average Bonchev–Trinajstić information content (AvgIpc) is 2.82. The zero-order valence-corrected chi connectivity index (χ0v) is 11.8. The highest BCUT2D eigenvalue weighted by atomic mass is 32.1. The van der Waals surface area contributed by atoms with Gasteiger partial charge in [-0.15, -0.1) is 11.3 Å². The number of nitrogens with one attached hydrogen (secondary N) is 1. The maximum absolute atomic E-state index is 4.08. The van der Waals surface area contributed by atoms with Crippen molar-refractivity contribution in [3.8, 4) is 0 Å². The Labute approximate surface area is 113 Å². The minimum Gasteiger partial charge on any atom is -0.309 e. The summed E-state index contributed by atoms with van der Waals surface area (Å²) in [6, 6.07) is 6.83. The summed E-state index contributed by atoms with van der Waals surface area (Å²) in [6.07, 6.45) is 5.93. The maximum Gasteiger partial charge on any atom is 0.0458 e. The molecule has 0 spiro atoms. The van der Waals surface area contributed by atoms with E-state index in [-0.39, 0.29) is 0 Å². The van der Waals surface area contributed by atoms with Crippen LogP contribution in [0.1, 0.15) is 35.4 Å². The lowest BCUT2D eigenvalue weighted by Crippen LogP contribution is -2.23. The van der Waals surface area contributed by atoms with Crippen molar-refractivity contribution in [3.63, 3.8) is 0 Å². The minimum atomic E-state index is 0.423. The molecular weight excluding hydrogens is 240 g/mol. The van der Waals surface area contributed by atoms with Crippen molar-refractivity contribution in [3.05, 3.63) is 52.0 Å². The van der Waals surface area contributed by atoms with Gasteiger partial charge in [-0.2, -0.15) is 0 Å². The van der Waals surface area contributed by atoms with Gasteiger partial charge in [0.2, 0.25) is 0 Å². The Hall–Kier alpha value is -1.19. The van der Waals surface area contributed by atoms with Crippen LogP contribution in [-0.4, -0.2) is 11.5 Å². The molecule has 2 heterocycles. The number of pyridine rings is 1. The molecule has 0 aliphatic heterocycles. The SMILES string of the molecule is CCCNC(Cc1ccncc1)c1sccc1C. The molecule has 2 nitrogen and oxygen atoms in total. The lowest BCUT2D eigenvalue weighted by Gasteiger charge is -2.18. The molecule has 18 heavy (non-hydrogen) atoms. The van der Waals surface area contributed by atoms with Gasteiger partial charge in [-0.1, -0.05) is 6.92 Å². The van der Waals surface area contributed by atoms with Crippen molar-refractivity contribution in [2.45, 2.75) is 32.7 Å². The maximum atomic E-state index is 4.08. The van der Waals surface area contributed by atoms with E-state index in [1.807, 2.05) is 23.7 Å². The molecule has 0 saturated carbocycles. The van der Waals surface area contributed by atoms with Gasteiger partial charge in [0, 0.05) is 23.3 Å². The van der Waals surface area contributed by atoms with Gasteiger partial charge in [-0.25, -0.2) is 0 Å². The van der Waals surface area contributed by atoms with Gasteiger partial charge < -0.3 is 5.32 Å². The van der Waals surface area contributed by atoms with E-state index in [1.54, 1.807) is 0 Å². The summed E-state index contributed by atoms with van der Waals surface area (Å²) in [4.78, 5) is 5.54. The quantitative estimate of drug-likeness (QED) is 0.856. The second-order valence-corrected chi connectivity index (χ2v) is 5.48. The standard InChI is InChI=1S/C15H20N2S/c1-3-7-17-14(15-12(2)6-10-18-15)11-13-4-8-16-9-5-13/h4-6,8-10,14,17H,3,7,11H2,1-2H3. The van der Waals surface area contributed by atoms with E-state index in [4.69, 9.17) is 0 Å². The third-order valence-electron chi connectivity index (χ3n) is 3.05. The number of nitrogens with zero attached hydrogens (tertiary/aromatic N) is 1. The topological polar surface area (TPSA) is 24.9 Å². The van der Waals surface area contributed by atoms with Crippen LogP contribution >= 0.6 is 11.3 Å². The largest absolute Gasteiger partial charge is 0.309 e. The second kappa shape index (κ2) is 6.66. The molecule has 1 atom stereocenters. The zero-order valence-electron chi connectivity index (χ0n) is 11.0. The van der Waals surface area contributed by atoms with E-state index in [2.05, 4.69) is 47.7 Å². The van der Waals surface area contributed by atoms with E-state index >= 15 is 0 Å². The van der Waals surface area contributed by atoms with E-state index in [0.717, 1.165) is 19.4 Å². The van der Waals surface area contributed by atoms with Crippen LogP contribution in [0.2, 0.25) is 0 Å². The first-order chi connectivity index (χ1) is 8.81. The Kier molecular flexibility index (Phi) is 4.90. The highest BCUT2D eigenvalue weighted by molar-refractivity contribution is 7.10. The van der Waals surface area contributed by atoms with E-state index in [1.165, 1.54) is 16.0 Å². The fraction of sp³-hybridized carbons (Fsp3) is 0.400. The summed E-state index contributed by atoms with van der Waals surface area (Å²) in [6.45, 7) is 5.46. The highest BCUT2D eigenvalue weighted by Crippen LogP contribution is 2.26. The first kappa shape index (κ1) is 13.2. The molecule has 3 heteroatoms. The average molecular weight is 260 g/mol. The molecule has 0 amide bonds. The third kappa shape index (κ3) is 3.40. The normalized spacial score (nSPS) is 12.6. The van der Waals surface area contributed by atoms with Gasteiger partial charge in [-0.05, 0) is 61.0 Å². The molecule has 0 fully saturated rings. The molecule has 2 aromatic heterocycles. The Morgan fingerprint density at radius 2 is 2.06 bits per heavy atom. The van der Waals surface area contributed by atoms with Gasteiger partial charge in [0.25, 0.3) is 0 Å². The van der Waals surface area contributed by atoms with Gasteiger partial charge in [0.05, 0.1) is 0 Å². The Balaban J connectivity index is 2.13. The van der Waals surface area contributed by atoms with E-state index in [9.17, 15) is 0 Å². The van der Waals surface area contributed by atoms with Crippen LogP contribution in [0.3, 0.4) is 0 Å². The summed E-state index contributed by atoms with van der Waals surface area (Å²) >= 11 is 1.85. The van der Waals surface area contributed by atoms with Crippen molar-refractivity contribution in [1.29, 1.82) is 0 Å². The molecule has 0 aromatic carbocycles. The zero-order chi connectivity index (χ0) is 12.8. The van der Waals surface area contributed by atoms with Crippen LogP contribution in [0.4, 0.5) is 0 Å². The summed E-state index contributed by atoms with van der Waals surface area (Å²) in [5.74, 6) is 0. The molecule has 0 bridgehead atoms. The molecule has 0 aliphatic carbocycles. The Bertz CT molecular complexity index is 464. The van der Waals surface area contributed by atoms with Crippen molar-refractivity contribution in [1.82, 2.24) is 10.3 Å². The monoisotopic (exact) mass is 260 g/mol. The minimum absolute atomic E-state index is 0.423. The Morgan fingerprint density at radius 3 is 2.67 bits per heavy atom. The van der Waals surface area contributed by atoms with Gasteiger partial charge >= 0.3 is 0 Å². The lowest BCUT2D eigenvalue weighted by atomic mass is 10.0. The van der Waals surface area contributed by atoms with Crippen molar-refractivity contribution < 1.29 is 0 Å². The first-order valence-electron chi connectivity index (χ1n) is 6.47. The van der Waals surface area contributed by atoms with Crippen LogP contribution in [0, 0.1) is 6.92 Å². The molecule has 96 valence electrons. The summed E-state index contributed by atoms with van der Waals surface area (Å²) < 4.78 is 0. The van der Waals surface area contributed by atoms with Crippen molar-refractivity contribution in [2.75, 3.05) is 6.54 Å². The predicted molar refractivity (Wildman–Crippen MR) is 78.0 cm³/mol. The summed E-state index contributed by atoms with van der Waals surface area (Å²) in [5.41, 5.74) is 2.73. The van der Waals surface area contributed by atoms with Crippen LogP contribution in [0.25, 0.3) is 0 Å². The molecule has 2 rings (SSSR count). The number of rotatable bonds is 6. The molecule has 0 aliphatic rings. The molecule has 0 radical (unpaired) electrons. The third-order valence-corrected chi connectivity index (χ3v) is 4.18. The molecule has 1 N–H and O–H groups in total. The molecular formula is C15H20N2S. The van der Waals surface area contributed by atoms with Gasteiger partial charge in [0.15, 0.2) is 0 Å². The van der Waals surface area contributed by atoms with Gasteiger partial charge in [0.1, 0.15) is 0 Å². The number of hydrogen-bond acceptors (Lipinski definition) is 3. The van der Waals surface area contributed by atoms with E-state index < -0.39 is 0 Å². The smallest absolute Gasteiger partial charge is 0.0458 e. The van der Waals surface area contributed by atoms with E-state index in [0.29, 0.717) is 6.04 Å². The predicted octanol–water partition coefficient (Wildman–Crippen LogP) is 3.73. The number of aromatic nitrogens is 1. The lowest BCUT2D eigenvalue weighted by molar-refractivity contribution is 0.534. The van der Waals surface area contributed by atoms with Gasteiger partial charge in [-0.3, -0.25) is 4.98 Å². The molecule has 2 aromatic rings. The van der Waals surface area contributed by atoms with Crippen LogP contribution < -0.4 is 5.32 Å². The number of thiophene rings is 1. The fourth-order valence-corrected chi connectivity index (χ4v) is 3.08.